The zero-order chi connectivity index (χ0) is 18.8. The summed E-state index contributed by atoms with van der Waals surface area (Å²) in [6.07, 6.45) is 5.39. The van der Waals surface area contributed by atoms with Gasteiger partial charge >= 0.3 is 5.69 Å². The van der Waals surface area contributed by atoms with Crippen molar-refractivity contribution in [2.24, 2.45) is 0 Å². The molecule has 0 spiro atoms. The maximum Gasteiger partial charge on any atom is 0.311 e. The van der Waals surface area contributed by atoms with E-state index in [0.29, 0.717) is 24.2 Å². The summed E-state index contributed by atoms with van der Waals surface area (Å²) in [6, 6.07) is 11.9. The van der Waals surface area contributed by atoms with Crippen LogP contribution in [0, 0.1) is 10.1 Å². The molecule has 0 aliphatic carbocycles. The van der Waals surface area contributed by atoms with Gasteiger partial charge in [0.05, 0.1) is 10.5 Å². The number of carbonyl (C=O) groups is 1. The molecule has 1 aliphatic rings. The number of nitrogens with one attached hydrogen (secondary N) is 1. The van der Waals surface area contributed by atoms with Crippen molar-refractivity contribution in [2.75, 3.05) is 16.8 Å². The zero-order valence-electron chi connectivity index (χ0n) is 14.2. The number of fused-ring (bicyclic) bond motifs is 1. The Morgan fingerprint density at radius 1 is 1.19 bits per heavy atom. The van der Waals surface area contributed by atoms with Crippen molar-refractivity contribution in [1.82, 2.24) is 9.97 Å². The highest BCUT2D eigenvalue weighted by Crippen LogP contribution is 2.33. The van der Waals surface area contributed by atoms with Gasteiger partial charge in [0.2, 0.25) is 5.82 Å². The molecule has 4 rings (SSSR count). The predicted octanol–water partition coefficient (Wildman–Crippen LogP) is 3.33. The number of pyridine rings is 2. The molecule has 1 aromatic carbocycles. The minimum absolute atomic E-state index is 0.0913. The van der Waals surface area contributed by atoms with Crippen molar-refractivity contribution in [3.05, 3.63) is 82.3 Å². The third-order valence-corrected chi connectivity index (χ3v) is 4.37. The molecule has 134 valence electrons. The van der Waals surface area contributed by atoms with Crippen molar-refractivity contribution >= 4 is 28.8 Å². The third-order valence-electron chi connectivity index (χ3n) is 4.37. The van der Waals surface area contributed by atoms with E-state index in [1.54, 1.807) is 35.5 Å². The molecule has 0 saturated heterocycles. The van der Waals surface area contributed by atoms with Gasteiger partial charge in [0.1, 0.15) is 0 Å². The fraction of sp³-hybridized carbons (Fsp3) is 0.105. The topological polar surface area (TPSA) is 101 Å². The normalized spacial score (nSPS) is 12.5. The van der Waals surface area contributed by atoms with Crippen LogP contribution in [0.4, 0.5) is 22.9 Å². The second-order valence-electron chi connectivity index (χ2n) is 6.05. The van der Waals surface area contributed by atoms with Crippen LogP contribution < -0.4 is 10.2 Å². The SMILES string of the molecule is O=C(c1cccnc1)N1CCc2cc(Nc3ncccc3[N+](=O)[O-])ccc21. The standard InChI is InChI=1S/C19H15N5O3/c25-19(14-3-1-8-20-12-14)23-10-7-13-11-15(5-6-16(13)23)22-18-17(24(26)27)4-2-9-21-18/h1-6,8-9,11-12H,7,10H2,(H,21,22). The highest BCUT2D eigenvalue weighted by molar-refractivity contribution is 6.07. The van der Waals surface area contributed by atoms with Gasteiger partial charge in [-0.25, -0.2) is 4.98 Å². The molecule has 0 bridgehead atoms. The van der Waals surface area contributed by atoms with E-state index in [1.165, 1.54) is 18.3 Å². The van der Waals surface area contributed by atoms with E-state index < -0.39 is 4.92 Å². The molecule has 0 atom stereocenters. The molecule has 0 unspecified atom stereocenters. The number of carbonyl (C=O) groups excluding carboxylic acids is 1. The van der Waals surface area contributed by atoms with Gasteiger partial charge in [0, 0.05) is 42.6 Å². The average Bonchev–Trinajstić information content (AvgIpc) is 3.11. The molecule has 0 saturated carbocycles. The van der Waals surface area contributed by atoms with Gasteiger partial charge in [-0.15, -0.1) is 0 Å². The molecule has 0 fully saturated rings. The summed E-state index contributed by atoms with van der Waals surface area (Å²) in [5.74, 6) is 0.0895. The Kier molecular flexibility index (Phi) is 4.21. The zero-order valence-corrected chi connectivity index (χ0v) is 14.2. The molecule has 8 nitrogen and oxygen atoms in total. The van der Waals surface area contributed by atoms with Gasteiger partial charge in [0.15, 0.2) is 0 Å². The number of amides is 1. The second-order valence-corrected chi connectivity index (χ2v) is 6.05. The van der Waals surface area contributed by atoms with Gasteiger partial charge in [-0.2, -0.15) is 0 Å². The van der Waals surface area contributed by atoms with Crippen molar-refractivity contribution in [1.29, 1.82) is 0 Å². The summed E-state index contributed by atoms with van der Waals surface area (Å²) in [5, 5.41) is 14.1. The molecule has 2 aromatic heterocycles. The molecular weight excluding hydrogens is 346 g/mol. The number of nitrogens with zero attached hydrogens (tertiary/aromatic N) is 4. The van der Waals surface area contributed by atoms with E-state index in [-0.39, 0.29) is 17.4 Å². The maximum absolute atomic E-state index is 12.7. The van der Waals surface area contributed by atoms with Crippen LogP contribution in [0.25, 0.3) is 0 Å². The molecule has 1 aliphatic heterocycles. The average molecular weight is 361 g/mol. The molecule has 8 heteroatoms. The lowest BCUT2D eigenvalue weighted by molar-refractivity contribution is -0.384. The number of aromatic nitrogens is 2. The third kappa shape index (κ3) is 3.20. The van der Waals surface area contributed by atoms with Crippen molar-refractivity contribution in [2.45, 2.75) is 6.42 Å². The second kappa shape index (κ2) is 6.83. The van der Waals surface area contributed by atoms with Gasteiger partial charge in [-0.3, -0.25) is 19.9 Å². The Balaban J connectivity index is 1.59. The first kappa shape index (κ1) is 16.6. The van der Waals surface area contributed by atoms with Crippen molar-refractivity contribution in [3.63, 3.8) is 0 Å². The van der Waals surface area contributed by atoms with Crippen LogP contribution in [0.3, 0.4) is 0 Å². The highest BCUT2D eigenvalue weighted by atomic mass is 16.6. The lowest BCUT2D eigenvalue weighted by Crippen LogP contribution is -2.28. The van der Waals surface area contributed by atoms with Crippen LogP contribution in [-0.4, -0.2) is 27.3 Å². The number of nitro groups is 1. The molecule has 1 N–H and O–H groups in total. The number of hydrogen-bond acceptors (Lipinski definition) is 6. The van der Waals surface area contributed by atoms with Crippen LogP contribution in [-0.2, 0) is 6.42 Å². The number of anilines is 3. The fourth-order valence-corrected chi connectivity index (χ4v) is 3.11. The Hall–Kier alpha value is -3.81. The molecule has 1 amide bonds. The summed E-state index contributed by atoms with van der Waals surface area (Å²) in [5.41, 5.74) is 2.97. The quantitative estimate of drug-likeness (QED) is 0.565. The summed E-state index contributed by atoms with van der Waals surface area (Å²) in [4.78, 5) is 33.1. The largest absolute Gasteiger partial charge is 0.334 e. The summed E-state index contributed by atoms with van der Waals surface area (Å²) < 4.78 is 0. The van der Waals surface area contributed by atoms with Crippen LogP contribution in [0.1, 0.15) is 15.9 Å². The lowest BCUT2D eigenvalue weighted by Gasteiger charge is -2.17. The first-order valence-corrected chi connectivity index (χ1v) is 8.35. The van der Waals surface area contributed by atoms with E-state index in [1.807, 2.05) is 12.1 Å². The monoisotopic (exact) mass is 361 g/mol. The van der Waals surface area contributed by atoms with Crippen LogP contribution in [0.5, 0.6) is 0 Å². The first-order valence-electron chi connectivity index (χ1n) is 8.35. The van der Waals surface area contributed by atoms with E-state index >= 15 is 0 Å². The molecular formula is C19H15N5O3. The van der Waals surface area contributed by atoms with Crippen molar-refractivity contribution < 1.29 is 9.72 Å². The predicted molar refractivity (Wildman–Crippen MR) is 100 cm³/mol. The van der Waals surface area contributed by atoms with Gasteiger partial charge in [0.25, 0.3) is 5.91 Å². The summed E-state index contributed by atoms with van der Waals surface area (Å²) in [7, 11) is 0. The minimum atomic E-state index is -0.475. The van der Waals surface area contributed by atoms with Gasteiger partial charge < -0.3 is 10.2 Å². The Morgan fingerprint density at radius 3 is 2.81 bits per heavy atom. The Labute approximate surface area is 154 Å². The number of rotatable bonds is 4. The van der Waals surface area contributed by atoms with Gasteiger partial charge in [-0.1, -0.05) is 0 Å². The van der Waals surface area contributed by atoms with Crippen LogP contribution >= 0.6 is 0 Å². The lowest BCUT2D eigenvalue weighted by atomic mass is 10.1. The number of benzene rings is 1. The van der Waals surface area contributed by atoms with E-state index in [2.05, 4.69) is 15.3 Å². The Bertz CT molecular complexity index is 1020. The van der Waals surface area contributed by atoms with E-state index in [9.17, 15) is 14.9 Å². The minimum Gasteiger partial charge on any atom is -0.334 e. The summed E-state index contributed by atoms with van der Waals surface area (Å²) >= 11 is 0. The Morgan fingerprint density at radius 2 is 2.04 bits per heavy atom. The van der Waals surface area contributed by atoms with Crippen LogP contribution in [0.2, 0.25) is 0 Å². The van der Waals surface area contributed by atoms with Crippen LogP contribution in [0.15, 0.2) is 61.1 Å². The van der Waals surface area contributed by atoms with E-state index in [4.69, 9.17) is 0 Å². The number of hydrogen-bond donors (Lipinski definition) is 1. The summed E-state index contributed by atoms with van der Waals surface area (Å²) in [6.45, 7) is 0.580. The highest BCUT2D eigenvalue weighted by Gasteiger charge is 2.26. The maximum atomic E-state index is 12.7. The first-order chi connectivity index (χ1) is 13.1. The van der Waals surface area contributed by atoms with Crippen molar-refractivity contribution in [3.8, 4) is 0 Å². The van der Waals surface area contributed by atoms with E-state index in [0.717, 1.165) is 11.3 Å². The molecule has 3 aromatic rings. The smallest absolute Gasteiger partial charge is 0.311 e. The molecule has 27 heavy (non-hydrogen) atoms. The fourth-order valence-electron chi connectivity index (χ4n) is 3.11. The molecule has 3 heterocycles. The van der Waals surface area contributed by atoms with Gasteiger partial charge in [-0.05, 0) is 48.4 Å². The molecule has 0 radical (unpaired) electrons.